The lowest BCUT2D eigenvalue weighted by atomic mass is 10.1. The molecular weight excluding hydrogens is 322 g/mol. The van der Waals surface area contributed by atoms with E-state index in [0.29, 0.717) is 11.6 Å². The van der Waals surface area contributed by atoms with Crippen LogP contribution >= 0.6 is 0 Å². The second-order valence-electron chi connectivity index (χ2n) is 7.03. The fraction of sp³-hybridized carbons (Fsp3) is 0.273. The molecule has 4 nitrogen and oxygen atoms in total. The second-order valence-corrected chi connectivity index (χ2v) is 7.03. The molecule has 0 aliphatic carbocycles. The molecule has 0 spiro atoms. The molecule has 0 bridgehead atoms. The zero-order valence-electron chi connectivity index (χ0n) is 15.0. The van der Waals surface area contributed by atoms with Gasteiger partial charge in [-0.3, -0.25) is 14.7 Å². The summed E-state index contributed by atoms with van der Waals surface area (Å²) < 4.78 is 0. The highest BCUT2D eigenvalue weighted by molar-refractivity contribution is 6.05. The first-order valence-corrected chi connectivity index (χ1v) is 9.18. The van der Waals surface area contributed by atoms with Crippen molar-refractivity contribution in [2.45, 2.75) is 32.4 Å². The maximum atomic E-state index is 12.7. The van der Waals surface area contributed by atoms with Crippen molar-refractivity contribution in [3.63, 3.8) is 0 Å². The van der Waals surface area contributed by atoms with Crippen LogP contribution in [0.3, 0.4) is 0 Å². The Kier molecular flexibility index (Phi) is 4.67. The molecule has 26 heavy (non-hydrogen) atoms. The number of pyridine rings is 1. The van der Waals surface area contributed by atoms with E-state index < -0.39 is 0 Å². The lowest BCUT2D eigenvalue weighted by molar-refractivity contribution is 0.102. The quantitative estimate of drug-likeness (QED) is 0.759. The highest BCUT2D eigenvalue weighted by Crippen LogP contribution is 2.21. The van der Waals surface area contributed by atoms with Crippen LogP contribution in [0.25, 0.3) is 10.9 Å². The molecule has 4 rings (SSSR count). The Balaban J connectivity index is 1.49. The minimum atomic E-state index is -0.0791. The topological polar surface area (TPSA) is 45.2 Å². The van der Waals surface area contributed by atoms with E-state index in [1.54, 1.807) is 6.20 Å². The molecule has 1 saturated heterocycles. The summed E-state index contributed by atoms with van der Waals surface area (Å²) in [5, 5.41) is 4.02. The minimum Gasteiger partial charge on any atom is -0.322 e. The summed E-state index contributed by atoms with van der Waals surface area (Å²) in [6, 6.07) is 18.2. The van der Waals surface area contributed by atoms with Crippen molar-refractivity contribution in [3.8, 4) is 0 Å². The minimum absolute atomic E-state index is 0.0791. The van der Waals surface area contributed by atoms with Crippen LogP contribution in [0, 0.1) is 0 Å². The van der Waals surface area contributed by atoms with Crippen molar-refractivity contribution >= 4 is 22.5 Å². The standard InChI is InChI=1S/C22H23N3O/c1-16-5-4-12-25(16)15-17-6-2-7-19(13-17)22(26)24-20-9-10-21-18(14-20)8-3-11-23-21/h2-3,6-11,13-14,16H,4-5,12,15H2,1H3,(H,24,26). The molecule has 0 saturated carbocycles. The predicted octanol–water partition coefficient (Wildman–Crippen LogP) is 4.47. The number of anilines is 1. The maximum absolute atomic E-state index is 12.7. The first kappa shape index (κ1) is 16.7. The van der Waals surface area contributed by atoms with Gasteiger partial charge >= 0.3 is 0 Å². The summed E-state index contributed by atoms with van der Waals surface area (Å²) >= 11 is 0. The number of amides is 1. The van der Waals surface area contributed by atoms with Gasteiger partial charge in [-0.05, 0) is 68.3 Å². The summed E-state index contributed by atoms with van der Waals surface area (Å²) in [6.07, 6.45) is 4.29. The van der Waals surface area contributed by atoms with Gasteiger partial charge < -0.3 is 5.32 Å². The maximum Gasteiger partial charge on any atom is 0.255 e. The van der Waals surface area contributed by atoms with E-state index in [1.807, 2.05) is 48.5 Å². The van der Waals surface area contributed by atoms with Crippen LogP contribution in [0.5, 0.6) is 0 Å². The summed E-state index contributed by atoms with van der Waals surface area (Å²) in [5.41, 5.74) is 3.59. The number of carbonyl (C=O) groups excluding carboxylic acids is 1. The van der Waals surface area contributed by atoms with Crippen LogP contribution in [-0.4, -0.2) is 28.4 Å². The highest BCUT2D eigenvalue weighted by atomic mass is 16.1. The largest absolute Gasteiger partial charge is 0.322 e. The summed E-state index contributed by atoms with van der Waals surface area (Å²) in [7, 11) is 0. The van der Waals surface area contributed by atoms with Crippen LogP contribution in [-0.2, 0) is 6.54 Å². The molecule has 1 N–H and O–H groups in total. The molecule has 132 valence electrons. The average Bonchev–Trinajstić information content (AvgIpc) is 3.06. The third-order valence-corrected chi connectivity index (χ3v) is 5.13. The Bertz CT molecular complexity index is 937. The van der Waals surface area contributed by atoms with Gasteiger partial charge in [-0.2, -0.15) is 0 Å². The molecule has 2 aromatic carbocycles. The Labute approximate surface area is 153 Å². The molecule has 1 aliphatic heterocycles. The first-order valence-electron chi connectivity index (χ1n) is 9.18. The number of aromatic nitrogens is 1. The Morgan fingerprint density at radius 1 is 1.19 bits per heavy atom. The monoisotopic (exact) mass is 345 g/mol. The van der Waals surface area contributed by atoms with Crippen molar-refractivity contribution in [1.82, 2.24) is 9.88 Å². The van der Waals surface area contributed by atoms with Gasteiger partial charge in [0.05, 0.1) is 5.52 Å². The van der Waals surface area contributed by atoms with E-state index in [-0.39, 0.29) is 5.91 Å². The summed E-state index contributed by atoms with van der Waals surface area (Å²) in [4.78, 5) is 19.5. The molecule has 2 heterocycles. The molecule has 3 aromatic rings. The predicted molar refractivity (Wildman–Crippen MR) is 105 cm³/mol. The van der Waals surface area contributed by atoms with Crippen LogP contribution < -0.4 is 5.32 Å². The Morgan fingerprint density at radius 3 is 2.96 bits per heavy atom. The summed E-state index contributed by atoms with van der Waals surface area (Å²) in [5.74, 6) is -0.0791. The van der Waals surface area contributed by atoms with Gasteiger partial charge in [-0.25, -0.2) is 0 Å². The van der Waals surface area contributed by atoms with Crippen molar-refractivity contribution in [2.24, 2.45) is 0 Å². The van der Waals surface area contributed by atoms with E-state index >= 15 is 0 Å². The Morgan fingerprint density at radius 2 is 2.12 bits per heavy atom. The molecule has 1 fully saturated rings. The van der Waals surface area contributed by atoms with Crippen LogP contribution in [0.2, 0.25) is 0 Å². The van der Waals surface area contributed by atoms with Crippen molar-refractivity contribution in [3.05, 3.63) is 71.9 Å². The van der Waals surface area contributed by atoms with Crippen LogP contribution in [0.4, 0.5) is 5.69 Å². The number of nitrogens with one attached hydrogen (secondary N) is 1. The van der Waals surface area contributed by atoms with Crippen LogP contribution in [0.1, 0.15) is 35.7 Å². The molecule has 1 aromatic heterocycles. The molecule has 0 radical (unpaired) electrons. The number of nitrogens with zero attached hydrogens (tertiary/aromatic N) is 2. The van der Waals surface area contributed by atoms with Crippen molar-refractivity contribution in [1.29, 1.82) is 0 Å². The second kappa shape index (κ2) is 7.26. The fourth-order valence-corrected chi connectivity index (χ4v) is 3.63. The van der Waals surface area contributed by atoms with Gasteiger partial charge in [0.25, 0.3) is 5.91 Å². The van der Waals surface area contributed by atoms with Crippen molar-refractivity contribution in [2.75, 3.05) is 11.9 Å². The number of likely N-dealkylation sites (tertiary alicyclic amines) is 1. The highest BCUT2D eigenvalue weighted by Gasteiger charge is 2.20. The van der Waals surface area contributed by atoms with Gasteiger partial charge in [-0.15, -0.1) is 0 Å². The number of carbonyl (C=O) groups is 1. The van der Waals surface area contributed by atoms with Crippen molar-refractivity contribution < 1.29 is 4.79 Å². The zero-order chi connectivity index (χ0) is 17.9. The first-order chi connectivity index (χ1) is 12.7. The number of rotatable bonds is 4. The fourth-order valence-electron chi connectivity index (χ4n) is 3.63. The van der Waals surface area contributed by atoms with Gasteiger partial charge in [0, 0.05) is 35.4 Å². The number of hydrogen-bond acceptors (Lipinski definition) is 3. The third kappa shape index (κ3) is 3.60. The van der Waals surface area contributed by atoms with Gasteiger partial charge in [-0.1, -0.05) is 18.2 Å². The number of fused-ring (bicyclic) bond motifs is 1. The average molecular weight is 345 g/mol. The number of benzene rings is 2. The Hall–Kier alpha value is -2.72. The van der Waals surface area contributed by atoms with E-state index in [2.05, 4.69) is 28.2 Å². The molecule has 1 amide bonds. The van der Waals surface area contributed by atoms with Gasteiger partial charge in [0.15, 0.2) is 0 Å². The number of hydrogen-bond donors (Lipinski definition) is 1. The third-order valence-electron chi connectivity index (χ3n) is 5.13. The zero-order valence-corrected chi connectivity index (χ0v) is 15.0. The summed E-state index contributed by atoms with van der Waals surface area (Å²) in [6.45, 7) is 4.32. The van der Waals surface area contributed by atoms with Gasteiger partial charge in [0.2, 0.25) is 0 Å². The molecule has 1 aliphatic rings. The van der Waals surface area contributed by atoms with E-state index in [1.165, 1.54) is 18.4 Å². The smallest absolute Gasteiger partial charge is 0.255 e. The van der Waals surface area contributed by atoms with Crippen LogP contribution in [0.15, 0.2) is 60.8 Å². The SMILES string of the molecule is CC1CCCN1Cc1cccc(C(=O)Nc2ccc3ncccc3c2)c1. The van der Waals surface area contributed by atoms with E-state index in [4.69, 9.17) is 0 Å². The lowest BCUT2D eigenvalue weighted by Gasteiger charge is -2.21. The van der Waals surface area contributed by atoms with E-state index in [9.17, 15) is 4.79 Å². The molecule has 1 unspecified atom stereocenters. The van der Waals surface area contributed by atoms with Gasteiger partial charge in [0.1, 0.15) is 0 Å². The lowest BCUT2D eigenvalue weighted by Crippen LogP contribution is -2.26. The normalized spacial score (nSPS) is 17.5. The molecular formula is C22H23N3O. The molecule has 1 atom stereocenters. The van der Waals surface area contributed by atoms with E-state index in [0.717, 1.165) is 29.7 Å². The molecule has 4 heteroatoms.